The third kappa shape index (κ3) is 3.62. The van der Waals surface area contributed by atoms with Crippen molar-refractivity contribution < 1.29 is 13.5 Å². The van der Waals surface area contributed by atoms with Crippen molar-refractivity contribution in [1.29, 1.82) is 0 Å². The van der Waals surface area contributed by atoms with Gasteiger partial charge < -0.3 is 4.74 Å². The SMILES string of the molecule is CCCC1=CCC2C1CCC2C1CCC(c2ccc(OCC)c(F)c2F)CC1. The summed E-state index contributed by atoms with van der Waals surface area (Å²) < 4.78 is 34.1. The fourth-order valence-corrected chi connectivity index (χ4v) is 6.49. The molecule has 1 nitrogen and oxygen atoms in total. The Balaban J connectivity index is 1.38. The molecule has 0 N–H and O–H groups in total. The van der Waals surface area contributed by atoms with Crippen LogP contribution in [0.25, 0.3) is 0 Å². The van der Waals surface area contributed by atoms with E-state index in [9.17, 15) is 8.78 Å². The Morgan fingerprint density at radius 2 is 1.71 bits per heavy atom. The van der Waals surface area contributed by atoms with E-state index < -0.39 is 11.6 Å². The molecule has 154 valence electrons. The van der Waals surface area contributed by atoms with Crippen molar-refractivity contribution in [2.24, 2.45) is 23.7 Å². The summed E-state index contributed by atoms with van der Waals surface area (Å²) in [5, 5.41) is 0. The zero-order chi connectivity index (χ0) is 19.7. The highest BCUT2D eigenvalue weighted by Gasteiger charge is 2.44. The summed E-state index contributed by atoms with van der Waals surface area (Å²) in [4.78, 5) is 0. The van der Waals surface area contributed by atoms with Crippen molar-refractivity contribution in [2.75, 3.05) is 6.61 Å². The first-order valence-corrected chi connectivity index (χ1v) is 11.4. The molecule has 0 heterocycles. The summed E-state index contributed by atoms with van der Waals surface area (Å²) in [7, 11) is 0. The van der Waals surface area contributed by atoms with Gasteiger partial charge in [-0.25, -0.2) is 4.39 Å². The Morgan fingerprint density at radius 3 is 2.43 bits per heavy atom. The molecule has 2 saturated carbocycles. The van der Waals surface area contributed by atoms with Gasteiger partial charge in [-0.05, 0) is 99.5 Å². The van der Waals surface area contributed by atoms with E-state index in [2.05, 4.69) is 13.0 Å². The minimum Gasteiger partial charge on any atom is -0.491 e. The second-order valence-corrected chi connectivity index (χ2v) is 9.10. The quantitative estimate of drug-likeness (QED) is 0.461. The molecule has 0 radical (unpaired) electrons. The Hall–Kier alpha value is -1.38. The van der Waals surface area contributed by atoms with Gasteiger partial charge in [-0.2, -0.15) is 4.39 Å². The van der Waals surface area contributed by atoms with Gasteiger partial charge in [0.15, 0.2) is 11.6 Å². The van der Waals surface area contributed by atoms with Crippen molar-refractivity contribution in [3.63, 3.8) is 0 Å². The summed E-state index contributed by atoms with van der Waals surface area (Å²) in [5.41, 5.74) is 2.28. The molecule has 1 aromatic carbocycles. The van der Waals surface area contributed by atoms with E-state index in [1.165, 1.54) is 32.1 Å². The number of hydrogen-bond donors (Lipinski definition) is 0. The predicted octanol–water partition coefficient (Wildman–Crippen LogP) is 7.41. The Bertz CT molecular complexity index is 718. The molecule has 3 aliphatic rings. The van der Waals surface area contributed by atoms with Crippen LogP contribution in [0.3, 0.4) is 0 Å². The van der Waals surface area contributed by atoms with Crippen LogP contribution in [-0.4, -0.2) is 6.61 Å². The Labute approximate surface area is 168 Å². The van der Waals surface area contributed by atoms with Crippen LogP contribution in [0.5, 0.6) is 5.75 Å². The molecule has 3 atom stereocenters. The van der Waals surface area contributed by atoms with Crippen LogP contribution < -0.4 is 4.74 Å². The molecule has 1 aromatic rings. The van der Waals surface area contributed by atoms with E-state index in [-0.39, 0.29) is 11.7 Å². The first kappa shape index (κ1) is 19.9. The van der Waals surface area contributed by atoms with Gasteiger partial charge in [0.2, 0.25) is 5.82 Å². The van der Waals surface area contributed by atoms with Crippen molar-refractivity contribution >= 4 is 0 Å². The van der Waals surface area contributed by atoms with Crippen molar-refractivity contribution in [2.45, 2.75) is 77.6 Å². The van der Waals surface area contributed by atoms with E-state index in [4.69, 9.17) is 4.74 Å². The standard InChI is InChI=1S/C25H34F2O/c1-3-5-16-10-11-22-19(16)12-13-20(22)17-6-8-18(9-7-17)21-14-15-23(28-4-2)25(27)24(21)26/h10,14-15,17-20,22H,3-9,11-13H2,1-2H3. The van der Waals surface area contributed by atoms with Gasteiger partial charge in [-0.15, -0.1) is 0 Å². The zero-order valence-corrected chi connectivity index (χ0v) is 17.4. The second-order valence-electron chi connectivity index (χ2n) is 9.10. The molecule has 2 fully saturated rings. The first-order valence-electron chi connectivity index (χ1n) is 11.4. The van der Waals surface area contributed by atoms with E-state index >= 15 is 0 Å². The lowest BCUT2D eigenvalue weighted by atomic mass is 9.70. The van der Waals surface area contributed by atoms with Gasteiger partial charge in [0.25, 0.3) is 0 Å². The average Bonchev–Trinajstić information content (AvgIpc) is 3.29. The molecule has 3 aliphatic carbocycles. The van der Waals surface area contributed by atoms with Gasteiger partial charge >= 0.3 is 0 Å². The van der Waals surface area contributed by atoms with E-state index in [0.717, 1.165) is 49.4 Å². The summed E-state index contributed by atoms with van der Waals surface area (Å²) >= 11 is 0. The molecular weight excluding hydrogens is 354 g/mol. The highest BCUT2D eigenvalue weighted by atomic mass is 19.2. The lowest BCUT2D eigenvalue weighted by molar-refractivity contribution is 0.184. The molecule has 3 unspecified atom stereocenters. The van der Waals surface area contributed by atoms with Crippen LogP contribution >= 0.6 is 0 Å². The largest absolute Gasteiger partial charge is 0.491 e. The monoisotopic (exact) mass is 388 g/mol. The summed E-state index contributed by atoms with van der Waals surface area (Å²) in [6.07, 6.45) is 13.4. The van der Waals surface area contributed by atoms with Crippen LogP contribution in [0.15, 0.2) is 23.8 Å². The minimum atomic E-state index is -0.819. The number of fused-ring (bicyclic) bond motifs is 1. The Morgan fingerprint density at radius 1 is 0.929 bits per heavy atom. The Kier molecular flexibility index (Phi) is 6.08. The fraction of sp³-hybridized carbons (Fsp3) is 0.680. The molecule has 0 amide bonds. The van der Waals surface area contributed by atoms with Gasteiger partial charge in [0, 0.05) is 0 Å². The van der Waals surface area contributed by atoms with E-state index in [1.54, 1.807) is 24.6 Å². The first-order chi connectivity index (χ1) is 13.6. The summed E-state index contributed by atoms with van der Waals surface area (Å²) in [5.74, 6) is 2.00. The van der Waals surface area contributed by atoms with E-state index in [0.29, 0.717) is 12.2 Å². The highest BCUT2D eigenvalue weighted by Crippen LogP contribution is 2.54. The average molecular weight is 389 g/mol. The van der Waals surface area contributed by atoms with Crippen LogP contribution in [0.1, 0.15) is 83.1 Å². The maximum atomic E-state index is 14.6. The summed E-state index contributed by atoms with van der Waals surface area (Å²) in [6, 6.07) is 3.35. The molecule has 0 saturated heterocycles. The predicted molar refractivity (Wildman–Crippen MR) is 110 cm³/mol. The third-order valence-electron chi connectivity index (χ3n) is 7.74. The molecule has 0 aliphatic heterocycles. The zero-order valence-electron chi connectivity index (χ0n) is 17.4. The molecule has 0 aromatic heterocycles. The molecular formula is C25H34F2O. The fourth-order valence-electron chi connectivity index (χ4n) is 6.49. The smallest absolute Gasteiger partial charge is 0.200 e. The maximum Gasteiger partial charge on any atom is 0.200 e. The number of benzene rings is 1. The molecule has 28 heavy (non-hydrogen) atoms. The van der Waals surface area contributed by atoms with Gasteiger partial charge in [0.1, 0.15) is 0 Å². The van der Waals surface area contributed by atoms with Crippen LogP contribution in [0, 0.1) is 35.3 Å². The number of ether oxygens (including phenoxy) is 1. The molecule has 4 rings (SSSR count). The van der Waals surface area contributed by atoms with E-state index in [1.807, 2.05) is 0 Å². The van der Waals surface area contributed by atoms with Gasteiger partial charge in [-0.1, -0.05) is 31.1 Å². The lowest BCUT2D eigenvalue weighted by Gasteiger charge is -2.35. The summed E-state index contributed by atoms with van der Waals surface area (Å²) in [6.45, 7) is 4.41. The molecule has 0 bridgehead atoms. The van der Waals surface area contributed by atoms with Gasteiger partial charge in [0.05, 0.1) is 6.61 Å². The maximum absolute atomic E-state index is 14.6. The van der Waals surface area contributed by atoms with Crippen molar-refractivity contribution in [3.05, 3.63) is 41.0 Å². The lowest BCUT2D eigenvalue weighted by Crippen LogP contribution is -2.25. The van der Waals surface area contributed by atoms with Crippen molar-refractivity contribution in [3.8, 4) is 5.75 Å². The third-order valence-corrected chi connectivity index (χ3v) is 7.74. The number of hydrogen-bond acceptors (Lipinski definition) is 1. The normalized spacial score (nSPS) is 32.3. The number of rotatable bonds is 6. The topological polar surface area (TPSA) is 9.23 Å². The van der Waals surface area contributed by atoms with Crippen molar-refractivity contribution in [1.82, 2.24) is 0 Å². The van der Waals surface area contributed by atoms with Crippen LogP contribution in [-0.2, 0) is 0 Å². The molecule has 3 heteroatoms. The molecule has 0 spiro atoms. The second kappa shape index (κ2) is 8.55. The van der Waals surface area contributed by atoms with Gasteiger partial charge in [-0.3, -0.25) is 0 Å². The van der Waals surface area contributed by atoms with Crippen LogP contribution in [0.4, 0.5) is 8.78 Å². The van der Waals surface area contributed by atoms with Crippen LogP contribution in [0.2, 0.25) is 0 Å². The number of halogens is 2. The highest BCUT2D eigenvalue weighted by molar-refractivity contribution is 5.33. The minimum absolute atomic E-state index is 0.0334. The number of allylic oxidation sites excluding steroid dienone is 2.